The van der Waals surface area contributed by atoms with E-state index in [0.29, 0.717) is 18.7 Å². The van der Waals surface area contributed by atoms with Crippen molar-refractivity contribution in [2.24, 2.45) is 5.92 Å². The van der Waals surface area contributed by atoms with E-state index in [4.69, 9.17) is 0 Å². The van der Waals surface area contributed by atoms with Crippen LogP contribution in [0.2, 0.25) is 0 Å². The molecule has 2 amide bonds. The van der Waals surface area contributed by atoms with Crippen LogP contribution in [0.3, 0.4) is 0 Å². The third-order valence-corrected chi connectivity index (χ3v) is 6.35. The lowest BCUT2D eigenvalue weighted by atomic mass is 9.95. The fraction of sp³-hybridized carbons (Fsp3) is 0.440. The van der Waals surface area contributed by atoms with Gasteiger partial charge >= 0.3 is 0 Å². The minimum atomic E-state index is -0.359. The molecule has 2 heterocycles. The molecule has 0 bridgehead atoms. The molecular formula is C25H30FN3O2. The van der Waals surface area contributed by atoms with Gasteiger partial charge in [-0.3, -0.25) is 14.5 Å². The first-order valence-corrected chi connectivity index (χ1v) is 11.2. The molecule has 0 aromatic heterocycles. The lowest BCUT2D eigenvalue weighted by Gasteiger charge is -2.35. The molecule has 2 aliphatic heterocycles. The second-order valence-corrected chi connectivity index (χ2v) is 8.64. The topological polar surface area (TPSA) is 52.7 Å². The molecule has 4 rings (SSSR count). The second-order valence-electron chi connectivity index (χ2n) is 8.64. The summed E-state index contributed by atoms with van der Waals surface area (Å²) in [7, 11) is 0. The Balaban J connectivity index is 1.25. The first-order valence-electron chi connectivity index (χ1n) is 11.2. The van der Waals surface area contributed by atoms with Crippen LogP contribution in [0.1, 0.15) is 41.6 Å². The summed E-state index contributed by atoms with van der Waals surface area (Å²) in [6, 6.07) is 16.3. The van der Waals surface area contributed by atoms with Gasteiger partial charge in [0.05, 0.1) is 5.92 Å². The minimum Gasteiger partial charge on any atom is -0.353 e. The van der Waals surface area contributed by atoms with Crippen molar-refractivity contribution < 1.29 is 14.0 Å². The molecule has 5 nitrogen and oxygen atoms in total. The van der Waals surface area contributed by atoms with Gasteiger partial charge in [0.25, 0.3) is 5.91 Å². The Kier molecular flexibility index (Phi) is 6.97. The summed E-state index contributed by atoms with van der Waals surface area (Å²) in [4.78, 5) is 29.8. The van der Waals surface area contributed by atoms with Gasteiger partial charge in [0.15, 0.2) is 0 Å². The maximum absolute atomic E-state index is 13.1. The van der Waals surface area contributed by atoms with E-state index in [2.05, 4.69) is 34.5 Å². The smallest absolute Gasteiger partial charge is 0.253 e. The van der Waals surface area contributed by atoms with Gasteiger partial charge in [0.2, 0.25) is 5.91 Å². The van der Waals surface area contributed by atoms with Crippen molar-refractivity contribution in [1.82, 2.24) is 15.1 Å². The average molecular weight is 424 g/mol. The molecule has 1 unspecified atom stereocenters. The highest BCUT2D eigenvalue weighted by Crippen LogP contribution is 2.21. The number of benzene rings is 2. The average Bonchev–Trinajstić information content (AvgIpc) is 2.81. The molecule has 0 radical (unpaired) electrons. The van der Waals surface area contributed by atoms with E-state index < -0.39 is 0 Å². The lowest BCUT2D eigenvalue weighted by Crippen LogP contribution is -2.50. The van der Waals surface area contributed by atoms with Crippen LogP contribution in [-0.2, 0) is 11.3 Å². The van der Waals surface area contributed by atoms with Gasteiger partial charge in [0, 0.05) is 44.3 Å². The highest BCUT2D eigenvalue weighted by atomic mass is 19.1. The zero-order valence-corrected chi connectivity index (χ0v) is 17.8. The lowest BCUT2D eigenvalue weighted by molar-refractivity contribution is -0.127. The van der Waals surface area contributed by atoms with Gasteiger partial charge in [-0.15, -0.1) is 0 Å². The van der Waals surface area contributed by atoms with Crippen LogP contribution in [0.25, 0.3) is 0 Å². The Morgan fingerprint density at radius 1 is 0.935 bits per heavy atom. The molecule has 0 spiro atoms. The van der Waals surface area contributed by atoms with Gasteiger partial charge in [0.1, 0.15) is 5.82 Å². The maximum Gasteiger partial charge on any atom is 0.253 e. The molecule has 2 saturated heterocycles. The van der Waals surface area contributed by atoms with Gasteiger partial charge in [-0.1, -0.05) is 30.3 Å². The SMILES string of the molecule is O=C(NC1CCN(Cc2ccccc2)CC1)C1CCCN(C(=O)c2ccc(F)cc2)C1. The molecule has 2 aliphatic rings. The van der Waals surface area contributed by atoms with Crippen LogP contribution in [-0.4, -0.2) is 53.8 Å². The van der Waals surface area contributed by atoms with Crippen LogP contribution >= 0.6 is 0 Å². The van der Waals surface area contributed by atoms with Crippen LogP contribution in [0, 0.1) is 11.7 Å². The number of nitrogens with zero attached hydrogens (tertiary/aromatic N) is 2. The van der Waals surface area contributed by atoms with Crippen molar-refractivity contribution in [3.8, 4) is 0 Å². The summed E-state index contributed by atoms with van der Waals surface area (Å²) in [6.07, 6.45) is 3.50. The zero-order valence-electron chi connectivity index (χ0n) is 17.8. The van der Waals surface area contributed by atoms with Gasteiger partial charge < -0.3 is 10.2 Å². The number of likely N-dealkylation sites (tertiary alicyclic amines) is 2. The van der Waals surface area contributed by atoms with Gasteiger partial charge in [-0.05, 0) is 55.5 Å². The molecule has 31 heavy (non-hydrogen) atoms. The predicted octanol–water partition coefficient (Wildman–Crippen LogP) is 3.46. The fourth-order valence-electron chi connectivity index (χ4n) is 4.55. The summed E-state index contributed by atoms with van der Waals surface area (Å²) >= 11 is 0. The number of halogens is 1. The number of nitrogens with one attached hydrogen (secondary N) is 1. The second kappa shape index (κ2) is 10.1. The highest BCUT2D eigenvalue weighted by molar-refractivity contribution is 5.94. The third-order valence-electron chi connectivity index (χ3n) is 6.35. The molecular weight excluding hydrogens is 393 g/mol. The van der Waals surface area contributed by atoms with Crippen LogP contribution in [0.5, 0.6) is 0 Å². The molecule has 0 saturated carbocycles. The van der Waals surface area contributed by atoms with Gasteiger partial charge in [-0.2, -0.15) is 0 Å². The Bertz CT molecular complexity index is 879. The van der Waals surface area contributed by atoms with Crippen molar-refractivity contribution in [2.75, 3.05) is 26.2 Å². The van der Waals surface area contributed by atoms with Gasteiger partial charge in [-0.25, -0.2) is 4.39 Å². The van der Waals surface area contributed by atoms with E-state index in [-0.39, 0.29) is 29.6 Å². The zero-order chi connectivity index (χ0) is 21.6. The molecule has 6 heteroatoms. The first kappa shape index (κ1) is 21.5. The van der Waals surface area contributed by atoms with E-state index in [1.165, 1.54) is 29.8 Å². The summed E-state index contributed by atoms with van der Waals surface area (Å²) in [6.45, 7) is 3.96. The number of carbonyl (C=O) groups excluding carboxylic acids is 2. The molecule has 1 N–H and O–H groups in total. The van der Waals surface area contributed by atoms with E-state index >= 15 is 0 Å². The van der Waals surface area contributed by atoms with E-state index in [1.54, 1.807) is 4.90 Å². The number of rotatable bonds is 5. The van der Waals surface area contributed by atoms with Crippen LogP contribution in [0.15, 0.2) is 54.6 Å². The number of piperidine rings is 2. The Labute approximate surface area is 183 Å². The monoisotopic (exact) mass is 423 g/mol. The largest absolute Gasteiger partial charge is 0.353 e. The standard InChI is InChI=1S/C25H30FN3O2/c26-22-10-8-20(9-11-22)25(31)29-14-4-7-21(18-29)24(30)27-23-12-15-28(16-13-23)17-19-5-2-1-3-6-19/h1-3,5-6,8-11,21,23H,4,7,12-18H2,(H,27,30). The van der Waals surface area contributed by atoms with E-state index in [1.807, 2.05) is 6.07 Å². The first-order chi connectivity index (χ1) is 15.1. The Hall–Kier alpha value is -2.73. The number of hydrogen-bond acceptors (Lipinski definition) is 3. The van der Waals surface area contributed by atoms with Crippen molar-refractivity contribution in [2.45, 2.75) is 38.3 Å². The quantitative estimate of drug-likeness (QED) is 0.801. The highest BCUT2D eigenvalue weighted by Gasteiger charge is 2.30. The van der Waals surface area contributed by atoms with Crippen molar-refractivity contribution >= 4 is 11.8 Å². The van der Waals surface area contributed by atoms with Crippen LogP contribution < -0.4 is 5.32 Å². The maximum atomic E-state index is 13.1. The fourth-order valence-corrected chi connectivity index (χ4v) is 4.55. The van der Waals surface area contributed by atoms with Crippen LogP contribution in [0.4, 0.5) is 4.39 Å². The summed E-state index contributed by atoms with van der Waals surface area (Å²) in [5.74, 6) is -0.618. The molecule has 1 atom stereocenters. The summed E-state index contributed by atoms with van der Waals surface area (Å²) in [5.41, 5.74) is 1.78. The Morgan fingerprint density at radius 2 is 1.65 bits per heavy atom. The summed E-state index contributed by atoms with van der Waals surface area (Å²) < 4.78 is 13.1. The predicted molar refractivity (Wildman–Crippen MR) is 118 cm³/mol. The van der Waals surface area contributed by atoms with E-state index in [0.717, 1.165) is 45.3 Å². The number of carbonyl (C=O) groups is 2. The van der Waals surface area contributed by atoms with Crippen molar-refractivity contribution in [1.29, 1.82) is 0 Å². The minimum absolute atomic E-state index is 0.0538. The molecule has 2 fully saturated rings. The molecule has 164 valence electrons. The summed E-state index contributed by atoms with van der Waals surface area (Å²) in [5, 5.41) is 3.23. The molecule has 0 aliphatic carbocycles. The number of amides is 2. The van der Waals surface area contributed by atoms with Crippen molar-refractivity contribution in [3.63, 3.8) is 0 Å². The molecule has 2 aromatic rings. The molecule has 2 aromatic carbocycles. The Morgan fingerprint density at radius 3 is 2.35 bits per heavy atom. The normalized spacial score (nSPS) is 20.4. The number of hydrogen-bond donors (Lipinski definition) is 1. The van der Waals surface area contributed by atoms with Crippen molar-refractivity contribution in [3.05, 3.63) is 71.5 Å². The third kappa shape index (κ3) is 5.70. The van der Waals surface area contributed by atoms with E-state index in [9.17, 15) is 14.0 Å².